The molecule has 0 saturated heterocycles. The van der Waals surface area contributed by atoms with Gasteiger partial charge >= 0.3 is 11.8 Å². The minimum Gasteiger partial charge on any atom is -0.467 e. The van der Waals surface area contributed by atoms with Gasteiger partial charge in [0.1, 0.15) is 17.4 Å². The fourth-order valence-corrected chi connectivity index (χ4v) is 1.69. The molecule has 0 fully saturated rings. The van der Waals surface area contributed by atoms with Crippen LogP contribution in [-0.2, 0) is 16.1 Å². The monoisotopic (exact) mass is 321 g/mol. The van der Waals surface area contributed by atoms with Crippen LogP contribution in [0.5, 0.6) is 0 Å². The summed E-state index contributed by atoms with van der Waals surface area (Å²) in [6.45, 7) is 1.46. The van der Waals surface area contributed by atoms with Gasteiger partial charge in [-0.25, -0.2) is 14.2 Å². The summed E-state index contributed by atoms with van der Waals surface area (Å²) in [6.07, 6.45) is 1.44. The van der Waals surface area contributed by atoms with E-state index in [-0.39, 0.29) is 17.8 Å². The number of benzene rings is 1. The first-order valence-electron chi connectivity index (χ1n) is 6.57. The minimum absolute atomic E-state index is 0.0164. The van der Waals surface area contributed by atoms with Gasteiger partial charge in [0.15, 0.2) is 0 Å². The molecule has 0 bridgehead atoms. The summed E-state index contributed by atoms with van der Waals surface area (Å²) in [7, 11) is 0. The second-order valence-electron chi connectivity index (χ2n) is 4.52. The van der Waals surface area contributed by atoms with Crippen molar-refractivity contribution in [3.8, 4) is 0 Å². The summed E-state index contributed by atoms with van der Waals surface area (Å²) in [5.41, 5.74) is 2.11. The molecule has 2 aromatic rings. The smallest absolute Gasteiger partial charge is 0.329 e. The molecule has 1 heterocycles. The van der Waals surface area contributed by atoms with Crippen molar-refractivity contribution in [3.63, 3.8) is 0 Å². The maximum absolute atomic E-state index is 13.5. The van der Waals surface area contributed by atoms with E-state index in [2.05, 4.69) is 10.4 Å². The van der Waals surface area contributed by atoms with Gasteiger partial charge < -0.3 is 9.73 Å². The van der Waals surface area contributed by atoms with Crippen LogP contribution in [0.1, 0.15) is 18.2 Å². The minimum atomic E-state index is -1.02. The molecule has 120 valence electrons. The van der Waals surface area contributed by atoms with Crippen molar-refractivity contribution in [2.45, 2.75) is 13.5 Å². The molecule has 0 aliphatic carbocycles. The largest absolute Gasteiger partial charge is 0.467 e. The highest BCUT2D eigenvalue weighted by atomic mass is 19.1. The second-order valence-corrected chi connectivity index (χ2v) is 4.52. The van der Waals surface area contributed by atoms with Gasteiger partial charge in [0, 0.05) is 11.6 Å². The van der Waals surface area contributed by atoms with Crippen molar-refractivity contribution in [2.24, 2.45) is 5.10 Å². The number of hydrogen-bond donors (Lipinski definition) is 2. The van der Waals surface area contributed by atoms with E-state index in [0.717, 1.165) is 6.07 Å². The molecule has 2 rings (SSSR count). The second kappa shape index (κ2) is 7.30. The van der Waals surface area contributed by atoms with E-state index in [0.29, 0.717) is 11.8 Å². The van der Waals surface area contributed by atoms with Crippen LogP contribution in [0, 0.1) is 11.6 Å². The van der Waals surface area contributed by atoms with Crippen LogP contribution in [0.15, 0.2) is 46.1 Å². The number of nitrogens with one attached hydrogen (secondary N) is 2. The Kier molecular flexibility index (Phi) is 5.19. The average molecular weight is 321 g/mol. The topological polar surface area (TPSA) is 83.7 Å². The van der Waals surface area contributed by atoms with E-state index in [9.17, 15) is 18.4 Å². The summed E-state index contributed by atoms with van der Waals surface area (Å²) < 4.78 is 31.4. The highest BCUT2D eigenvalue weighted by Gasteiger charge is 2.14. The van der Waals surface area contributed by atoms with Gasteiger partial charge in [-0.1, -0.05) is 0 Å². The SMILES string of the molecule is C/C(=N\NC(=O)C(=O)NCc1ccco1)c1ccc(F)cc1F. The van der Waals surface area contributed by atoms with Gasteiger partial charge in [0.25, 0.3) is 0 Å². The summed E-state index contributed by atoms with van der Waals surface area (Å²) >= 11 is 0. The van der Waals surface area contributed by atoms with Crippen LogP contribution in [0.2, 0.25) is 0 Å². The summed E-state index contributed by atoms with van der Waals surface area (Å²) in [6, 6.07) is 6.23. The first-order valence-corrected chi connectivity index (χ1v) is 6.57. The molecule has 0 aliphatic rings. The van der Waals surface area contributed by atoms with Crippen LogP contribution < -0.4 is 10.7 Å². The van der Waals surface area contributed by atoms with Gasteiger partial charge in [-0.2, -0.15) is 5.10 Å². The van der Waals surface area contributed by atoms with Crippen LogP contribution in [0.3, 0.4) is 0 Å². The lowest BCUT2D eigenvalue weighted by Crippen LogP contribution is -2.37. The predicted octanol–water partition coefficient (Wildman–Crippen LogP) is 1.71. The first-order chi connectivity index (χ1) is 11.0. The van der Waals surface area contributed by atoms with E-state index < -0.39 is 23.4 Å². The Labute approximate surface area is 130 Å². The van der Waals surface area contributed by atoms with Crippen molar-refractivity contribution in [1.82, 2.24) is 10.7 Å². The molecule has 0 atom stereocenters. The zero-order chi connectivity index (χ0) is 16.8. The number of carbonyl (C=O) groups excluding carboxylic acids is 2. The summed E-state index contributed by atoms with van der Waals surface area (Å²) in [5, 5.41) is 5.95. The Balaban J connectivity index is 1.92. The molecule has 0 unspecified atom stereocenters. The Hall–Kier alpha value is -3.03. The van der Waals surface area contributed by atoms with Crippen LogP contribution >= 0.6 is 0 Å². The van der Waals surface area contributed by atoms with Crippen LogP contribution in [0.4, 0.5) is 8.78 Å². The number of hydrazone groups is 1. The zero-order valence-electron chi connectivity index (χ0n) is 12.1. The van der Waals surface area contributed by atoms with Crippen molar-refractivity contribution in [3.05, 3.63) is 59.6 Å². The Morgan fingerprint density at radius 3 is 2.65 bits per heavy atom. The van der Waals surface area contributed by atoms with Gasteiger partial charge in [0.2, 0.25) is 0 Å². The Morgan fingerprint density at radius 2 is 2.00 bits per heavy atom. The molecule has 0 saturated carbocycles. The number of carbonyl (C=O) groups is 2. The van der Waals surface area contributed by atoms with Crippen LogP contribution in [0.25, 0.3) is 0 Å². The van der Waals surface area contributed by atoms with Crippen LogP contribution in [-0.4, -0.2) is 17.5 Å². The van der Waals surface area contributed by atoms with Gasteiger partial charge in [-0.3, -0.25) is 9.59 Å². The van der Waals surface area contributed by atoms with E-state index in [4.69, 9.17) is 4.42 Å². The molecular weight excluding hydrogens is 308 g/mol. The number of hydrogen-bond acceptors (Lipinski definition) is 4. The predicted molar refractivity (Wildman–Crippen MR) is 77.3 cm³/mol. The van der Waals surface area contributed by atoms with E-state index in [1.165, 1.54) is 19.3 Å². The Bertz CT molecular complexity index is 742. The van der Waals surface area contributed by atoms with E-state index in [1.54, 1.807) is 12.1 Å². The normalized spacial score (nSPS) is 11.2. The van der Waals surface area contributed by atoms with E-state index >= 15 is 0 Å². The van der Waals surface area contributed by atoms with Crippen molar-refractivity contribution < 1.29 is 22.8 Å². The number of halogens is 2. The van der Waals surface area contributed by atoms with Gasteiger partial charge in [-0.05, 0) is 31.2 Å². The molecule has 23 heavy (non-hydrogen) atoms. The third-order valence-electron chi connectivity index (χ3n) is 2.86. The van der Waals surface area contributed by atoms with Gasteiger partial charge in [-0.15, -0.1) is 0 Å². The molecule has 8 heteroatoms. The molecule has 0 aliphatic heterocycles. The third-order valence-corrected chi connectivity index (χ3v) is 2.86. The number of nitrogens with zero attached hydrogens (tertiary/aromatic N) is 1. The summed E-state index contributed by atoms with van der Waals surface area (Å²) in [4.78, 5) is 23.1. The molecule has 1 aromatic carbocycles. The molecule has 6 nitrogen and oxygen atoms in total. The maximum Gasteiger partial charge on any atom is 0.329 e. The zero-order valence-corrected chi connectivity index (χ0v) is 12.1. The Morgan fingerprint density at radius 1 is 1.22 bits per heavy atom. The van der Waals surface area contributed by atoms with Crippen molar-refractivity contribution in [1.29, 1.82) is 0 Å². The number of furan rings is 1. The molecule has 2 amide bonds. The molecular formula is C15H13F2N3O3. The standard InChI is InChI=1S/C15H13F2N3O3/c1-9(12-5-4-10(16)7-13(12)17)19-20-15(22)14(21)18-8-11-3-2-6-23-11/h2-7H,8H2,1H3,(H,18,21)(H,20,22)/b19-9+. The molecule has 1 aromatic heterocycles. The quantitative estimate of drug-likeness (QED) is 0.511. The number of rotatable bonds is 4. The molecule has 2 N–H and O–H groups in total. The van der Waals surface area contributed by atoms with Gasteiger partial charge in [0.05, 0.1) is 18.5 Å². The average Bonchev–Trinajstić information content (AvgIpc) is 3.03. The third kappa shape index (κ3) is 4.47. The van der Waals surface area contributed by atoms with Crippen molar-refractivity contribution in [2.75, 3.05) is 0 Å². The highest BCUT2D eigenvalue weighted by molar-refractivity contribution is 6.35. The maximum atomic E-state index is 13.5. The first kappa shape index (κ1) is 16.3. The highest BCUT2D eigenvalue weighted by Crippen LogP contribution is 2.10. The lowest BCUT2D eigenvalue weighted by Gasteiger charge is -2.04. The molecule has 0 radical (unpaired) electrons. The lowest BCUT2D eigenvalue weighted by atomic mass is 10.1. The fourth-order valence-electron chi connectivity index (χ4n) is 1.69. The number of amides is 2. The lowest BCUT2D eigenvalue weighted by molar-refractivity contribution is -0.139. The summed E-state index contributed by atoms with van der Waals surface area (Å²) in [5.74, 6) is -2.99. The van der Waals surface area contributed by atoms with E-state index in [1.807, 2.05) is 5.43 Å². The van der Waals surface area contributed by atoms with Crippen molar-refractivity contribution >= 4 is 17.5 Å². The fraction of sp³-hybridized carbons (Fsp3) is 0.133. The molecule has 0 spiro atoms.